The molecular weight excluding hydrogens is 324 g/mol. The Hall–Kier alpha value is -2.28. The molecule has 1 aromatic carbocycles. The topological polar surface area (TPSA) is 77.1 Å². The fourth-order valence-electron chi connectivity index (χ4n) is 2.78. The zero-order valence-electron chi connectivity index (χ0n) is 15.2. The first-order valence-corrected chi connectivity index (χ1v) is 8.38. The number of carbonyl (C=O) groups is 2. The van der Waals surface area contributed by atoms with E-state index in [1.807, 2.05) is 13.8 Å². The molecule has 0 aliphatic carbocycles. The number of methoxy groups -OCH3 is 2. The molecule has 1 heterocycles. The van der Waals surface area contributed by atoms with Crippen LogP contribution in [0.2, 0.25) is 0 Å². The van der Waals surface area contributed by atoms with Crippen molar-refractivity contribution in [3.8, 4) is 11.5 Å². The van der Waals surface area contributed by atoms with Gasteiger partial charge in [0, 0.05) is 13.1 Å². The summed E-state index contributed by atoms with van der Waals surface area (Å²) in [5, 5.41) is 2.85. The Balaban J connectivity index is 2.22. The average molecular weight is 350 g/mol. The SMILES string of the molecule is COc1cccc(OC)c1C(=O)N[C@@H](C(=O)N1CCOCC1)C(C)C. The van der Waals surface area contributed by atoms with E-state index < -0.39 is 11.9 Å². The molecule has 1 saturated heterocycles. The summed E-state index contributed by atoms with van der Waals surface area (Å²) in [5.41, 5.74) is 0.285. The molecule has 0 aromatic heterocycles. The average Bonchev–Trinajstić information content (AvgIpc) is 2.64. The van der Waals surface area contributed by atoms with Crippen LogP contribution in [0.1, 0.15) is 24.2 Å². The molecule has 0 spiro atoms. The number of nitrogens with zero attached hydrogens (tertiary/aromatic N) is 1. The van der Waals surface area contributed by atoms with Crippen molar-refractivity contribution in [1.82, 2.24) is 10.2 Å². The van der Waals surface area contributed by atoms with Gasteiger partial charge in [-0.2, -0.15) is 0 Å². The van der Waals surface area contributed by atoms with Crippen molar-refractivity contribution in [3.63, 3.8) is 0 Å². The summed E-state index contributed by atoms with van der Waals surface area (Å²) in [4.78, 5) is 27.4. The van der Waals surface area contributed by atoms with Crippen LogP contribution in [0.3, 0.4) is 0 Å². The van der Waals surface area contributed by atoms with Gasteiger partial charge in [-0.1, -0.05) is 19.9 Å². The van der Waals surface area contributed by atoms with Crippen LogP contribution in [0.4, 0.5) is 0 Å². The highest BCUT2D eigenvalue weighted by Crippen LogP contribution is 2.28. The number of benzene rings is 1. The monoisotopic (exact) mass is 350 g/mol. The summed E-state index contributed by atoms with van der Waals surface area (Å²) in [6, 6.07) is 4.49. The zero-order valence-corrected chi connectivity index (χ0v) is 15.2. The molecule has 1 aliphatic rings. The maximum Gasteiger partial charge on any atom is 0.259 e. The first-order valence-electron chi connectivity index (χ1n) is 8.38. The molecule has 0 unspecified atom stereocenters. The molecule has 1 aromatic rings. The van der Waals surface area contributed by atoms with Crippen LogP contribution in [0.5, 0.6) is 11.5 Å². The minimum Gasteiger partial charge on any atom is -0.496 e. The third kappa shape index (κ3) is 4.42. The van der Waals surface area contributed by atoms with E-state index >= 15 is 0 Å². The number of amides is 2. The molecule has 2 amide bonds. The summed E-state index contributed by atoms with van der Waals surface area (Å²) < 4.78 is 15.8. The lowest BCUT2D eigenvalue weighted by Crippen LogP contribution is -2.53. The van der Waals surface area contributed by atoms with Crippen molar-refractivity contribution in [1.29, 1.82) is 0 Å². The van der Waals surface area contributed by atoms with E-state index in [1.54, 1.807) is 23.1 Å². The Morgan fingerprint density at radius 3 is 2.16 bits per heavy atom. The highest BCUT2D eigenvalue weighted by Gasteiger charge is 2.31. The third-order valence-electron chi connectivity index (χ3n) is 4.20. The standard InChI is InChI=1S/C18H26N2O5/c1-12(2)16(18(22)20-8-10-25-11-9-20)19-17(21)15-13(23-3)6-5-7-14(15)24-4/h5-7,12,16H,8-11H2,1-4H3,(H,19,21)/t16-/m1/s1. The minimum atomic E-state index is -0.625. The first-order chi connectivity index (χ1) is 12.0. The van der Waals surface area contributed by atoms with Gasteiger partial charge in [0.1, 0.15) is 23.1 Å². The Kier molecular flexibility index (Phi) is 6.64. The van der Waals surface area contributed by atoms with E-state index in [9.17, 15) is 9.59 Å². The number of rotatable bonds is 6. The summed E-state index contributed by atoms with van der Waals surface area (Å²) >= 11 is 0. The summed E-state index contributed by atoms with van der Waals surface area (Å²) in [6.07, 6.45) is 0. The third-order valence-corrected chi connectivity index (χ3v) is 4.20. The van der Waals surface area contributed by atoms with Gasteiger partial charge in [0.25, 0.3) is 5.91 Å². The molecule has 1 atom stereocenters. The maximum atomic E-state index is 12.8. The lowest BCUT2D eigenvalue weighted by molar-refractivity contribution is -0.138. The van der Waals surface area contributed by atoms with Crippen LogP contribution in [-0.4, -0.2) is 63.3 Å². The van der Waals surface area contributed by atoms with Crippen LogP contribution in [-0.2, 0) is 9.53 Å². The fourth-order valence-corrected chi connectivity index (χ4v) is 2.78. The summed E-state index contributed by atoms with van der Waals surface area (Å²) in [5.74, 6) is 0.256. The van der Waals surface area contributed by atoms with E-state index in [4.69, 9.17) is 14.2 Å². The maximum absolute atomic E-state index is 12.8. The quantitative estimate of drug-likeness (QED) is 0.837. The molecule has 0 saturated carbocycles. The van der Waals surface area contributed by atoms with Crippen LogP contribution in [0.15, 0.2) is 18.2 Å². The van der Waals surface area contributed by atoms with Gasteiger partial charge in [-0.05, 0) is 18.1 Å². The Labute approximate surface area is 148 Å². The van der Waals surface area contributed by atoms with Gasteiger partial charge in [-0.25, -0.2) is 0 Å². The Bertz CT molecular complexity index is 589. The van der Waals surface area contributed by atoms with Gasteiger partial charge in [0.05, 0.1) is 27.4 Å². The molecule has 1 N–H and O–H groups in total. The lowest BCUT2D eigenvalue weighted by Gasteiger charge is -2.32. The van der Waals surface area contributed by atoms with E-state index in [2.05, 4.69) is 5.32 Å². The van der Waals surface area contributed by atoms with Gasteiger partial charge in [0.15, 0.2) is 0 Å². The van der Waals surface area contributed by atoms with Crippen molar-refractivity contribution in [2.45, 2.75) is 19.9 Å². The van der Waals surface area contributed by atoms with Crippen LogP contribution >= 0.6 is 0 Å². The lowest BCUT2D eigenvalue weighted by atomic mass is 10.0. The molecule has 1 aliphatic heterocycles. The fraction of sp³-hybridized carbons (Fsp3) is 0.556. The van der Waals surface area contributed by atoms with Crippen molar-refractivity contribution in [2.75, 3.05) is 40.5 Å². The predicted octanol–water partition coefficient (Wildman–Crippen LogP) is 1.32. The van der Waals surface area contributed by atoms with Crippen LogP contribution in [0.25, 0.3) is 0 Å². The van der Waals surface area contributed by atoms with Crippen LogP contribution in [0, 0.1) is 5.92 Å². The highest BCUT2D eigenvalue weighted by molar-refractivity contribution is 6.02. The molecule has 7 heteroatoms. The molecule has 7 nitrogen and oxygen atoms in total. The second kappa shape index (κ2) is 8.71. The summed E-state index contributed by atoms with van der Waals surface area (Å²) in [6.45, 7) is 5.92. The number of hydrogen-bond donors (Lipinski definition) is 1. The zero-order chi connectivity index (χ0) is 18.4. The Morgan fingerprint density at radius 1 is 1.12 bits per heavy atom. The van der Waals surface area contributed by atoms with Crippen molar-refractivity contribution in [3.05, 3.63) is 23.8 Å². The second-order valence-corrected chi connectivity index (χ2v) is 6.17. The number of hydrogen-bond acceptors (Lipinski definition) is 5. The minimum absolute atomic E-state index is 0.0556. The van der Waals surface area contributed by atoms with E-state index in [0.717, 1.165) is 0 Å². The molecule has 138 valence electrons. The van der Waals surface area contributed by atoms with Crippen molar-refractivity contribution < 1.29 is 23.8 Å². The highest BCUT2D eigenvalue weighted by atomic mass is 16.5. The van der Waals surface area contributed by atoms with Gasteiger partial charge in [-0.3, -0.25) is 9.59 Å². The largest absolute Gasteiger partial charge is 0.496 e. The number of ether oxygens (including phenoxy) is 3. The van der Waals surface area contributed by atoms with Crippen LogP contribution < -0.4 is 14.8 Å². The molecule has 25 heavy (non-hydrogen) atoms. The predicted molar refractivity (Wildman–Crippen MR) is 93.0 cm³/mol. The van der Waals surface area contributed by atoms with Gasteiger partial charge in [-0.15, -0.1) is 0 Å². The van der Waals surface area contributed by atoms with E-state index in [-0.39, 0.29) is 17.4 Å². The number of morpholine rings is 1. The number of nitrogens with one attached hydrogen (secondary N) is 1. The van der Waals surface area contributed by atoms with Gasteiger partial charge >= 0.3 is 0 Å². The van der Waals surface area contributed by atoms with E-state index in [1.165, 1.54) is 14.2 Å². The molecular formula is C18H26N2O5. The normalized spacial score (nSPS) is 15.6. The molecule has 0 radical (unpaired) electrons. The van der Waals surface area contributed by atoms with Gasteiger partial charge in [0.2, 0.25) is 5.91 Å². The first kappa shape index (κ1) is 19.1. The van der Waals surface area contributed by atoms with Crippen molar-refractivity contribution >= 4 is 11.8 Å². The second-order valence-electron chi connectivity index (χ2n) is 6.17. The smallest absolute Gasteiger partial charge is 0.259 e. The van der Waals surface area contributed by atoms with Crippen molar-refractivity contribution in [2.24, 2.45) is 5.92 Å². The number of carbonyl (C=O) groups excluding carboxylic acids is 2. The molecule has 0 bridgehead atoms. The Morgan fingerprint density at radius 2 is 1.68 bits per heavy atom. The van der Waals surface area contributed by atoms with Gasteiger partial charge < -0.3 is 24.4 Å². The van der Waals surface area contributed by atoms with E-state index in [0.29, 0.717) is 37.8 Å². The molecule has 2 rings (SSSR count). The molecule has 1 fully saturated rings. The summed E-state index contributed by atoms with van der Waals surface area (Å²) in [7, 11) is 2.98.